The van der Waals surface area contributed by atoms with E-state index in [4.69, 9.17) is 16.3 Å². The lowest BCUT2D eigenvalue weighted by Crippen LogP contribution is -2.20. The zero-order chi connectivity index (χ0) is 19.1. The monoisotopic (exact) mass is 444 g/mol. The van der Waals surface area contributed by atoms with Gasteiger partial charge in [-0.05, 0) is 57.9 Å². The Labute approximate surface area is 171 Å². The number of nitrogens with one attached hydrogen (secondary N) is 2. The third-order valence-corrected chi connectivity index (χ3v) is 4.72. The molecule has 0 heterocycles. The maximum atomic E-state index is 12.0. The van der Waals surface area contributed by atoms with Gasteiger partial charge in [-0.1, -0.05) is 48.0 Å². The lowest BCUT2D eigenvalue weighted by Gasteiger charge is -2.12. The topological polar surface area (TPSA) is 50.4 Å². The first-order valence-corrected chi connectivity index (χ1v) is 9.53. The summed E-state index contributed by atoms with van der Waals surface area (Å²) in [5.74, 6) is 0.400. The van der Waals surface area contributed by atoms with E-state index in [0.717, 1.165) is 21.4 Å². The van der Waals surface area contributed by atoms with Crippen molar-refractivity contribution in [1.82, 2.24) is 0 Å². The number of amides is 1. The number of para-hydroxylation sites is 2. The molecule has 2 N–H and O–H groups in total. The fourth-order valence-corrected chi connectivity index (χ4v) is 3.18. The Kier molecular flexibility index (Phi) is 6.74. The number of hydrogen-bond donors (Lipinski definition) is 2. The van der Waals surface area contributed by atoms with Crippen molar-refractivity contribution >= 4 is 44.8 Å². The number of carbonyl (C=O) groups excluding carboxylic acids is 1. The van der Waals surface area contributed by atoms with Crippen molar-refractivity contribution in [3.63, 3.8) is 0 Å². The van der Waals surface area contributed by atoms with Crippen LogP contribution in [0.1, 0.15) is 5.56 Å². The quantitative estimate of drug-likeness (QED) is 0.488. The van der Waals surface area contributed by atoms with Gasteiger partial charge in [-0.3, -0.25) is 4.79 Å². The Hall–Kier alpha value is -2.50. The van der Waals surface area contributed by atoms with Gasteiger partial charge in [-0.25, -0.2) is 0 Å². The van der Waals surface area contributed by atoms with E-state index in [1.165, 1.54) is 0 Å². The van der Waals surface area contributed by atoms with Crippen LogP contribution in [0.25, 0.3) is 0 Å². The van der Waals surface area contributed by atoms with Gasteiger partial charge in [-0.2, -0.15) is 0 Å². The summed E-state index contributed by atoms with van der Waals surface area (Å²) in [7, 11) is 0. The van der Waals surface area contributed by atoms with Crippen molar-refractivity contribution in [3.8, 4) is 5.75 Å². The van der Waals surface area contributed by atoms with Crippen molar-refractivity contribution in [1.29, 1.82) is 0 Å². The van der Waals surface area contributed by atoms with Gasteiger partial charge in [0.25, 0.3) is 5.91 Å². The van der Waals surface area contributed by atoms with Crippen molar-refractivity contribution in [2.75, 3.05) is 17.2 Å². The maximum Gasteiger partial charge on any atom is 0.262 e. The number of ether oxygens (including phenoxy) is 1. The van der Waals surface area contributed by atoms with Gasteiger partial charge >= 0.3 is 0 Å². The predicted molar refractivity (Wildman–Crippen MR) is 113 cm³/mol. The first kappa shape index (κ1) is 19.3. The highest BCUT2D eigenvalue weighted by Gasteiger charge is 2.07. The second kappa shape index (κ2) is 9.44. The minimum Gasteiger partial charge on any atom is -0.483 e. The molecule has 3 rings (SSSR count). The van der Waals surface area contributed by atoms with Gasteiger partial charge < -0.3 is 15.4 Å². The average Bonchev–Trinajstić information content (AvgIpc) is 2.67. The number of anilines is 2. The highest BCUT2D eigenvalue weighted by molar-refractivity contribution is 9.10. The molecule has 3 aromatic rings. The van der Waals surface area contributed by atoms with Crippen LogP contribution in [0.4, 0.5) is 11.4 Å². The molecule has 0 aliphatic rings. The van der Waals surface area contributed by atoms with Gasteiger partial charge in [0, 0.05) is 12.2 Å². The number of hydrogen-bond acceptors (Lipinski definition) is 3. The molecule has 4 nitrogen and oxygen atoms in total. The molecule has 0 fully saturated rings. The minimum atomic E-state index is -0.211. The zero-order valence-electron chi connectivity index (χ0n) is 14.4. The molecular weight excluding hydrogens is 428 g/mol. The standard InChI is InChI=1S/C21H18BrClN2O2/c22-17-12-15(13-24-19-9-5-4-8-18(19)23)10-11-20(17)27-14-21(26)25-16-6-2-1-3-7-16/h1-12,24H,13-14H2,(H,25,26). The van der Waals surface area contributed by atoms with E-state index < -0.39 is 0 Å². The summed E-state index contributed by atoms with van der Waals surface area (Å²) in [5, 5.41) is 6.76. The molecule has 0 atom stereocenters. The molecule has 0 saturated heterocycles. The van der Waals surface area contributed by atoms with Gasteiger partial charge in [-0.15, -0.1) is 0 Å². The molecule has 0 saturated carbocycles. The van der Waals surface area contributed by atoms with E-state index in [0.29, 0.717) is 17.3 Å². The molecule has 0 bridgehead atoms. The normalized spacial score (nSPS) is 10.3. The molecular formula is C21H18BrClN2O2. The molecule has 0 spiro atoms. The Morgan fingerprint density at radius 3 is 2.48 bits per heavy atom. The minimum absolute atomic E-state index is 0.0648. The summed E-state index contributed by atoms with van der Waals surface area (Å²) in [4.78, 5) is 12.0. The summed E-state index contributed by atoms with van der Waals surface area (Å²) in [6.07, 6.45) is 0. The third kappa shape index (κ3) is 5.74. The molecule has 3 aromatic carbocycles. The van der Waals surface area contributed by atoms with Crippen LogP contribution in [0, 0.1) is 0 Å². The van der Waals surface area contributed by atoms with Crippen molar-refractivity contribution < 1.29 is 9.53 Å². The summed E-state index contributed by atoms with van der Waals surface area (Å²) >= 11 is 9.64. The first-order valence-electron chi connectivity index (χ1n) is 8.36. The fourth-order valence-electron chi connectivity index (χ4n) is 2.44. The van der Waals surface area contributed by atoms with Crippen molar-refractivity contribution in [2.45, 2.75) is 6.54 Å². The Bertz CT molecular complexity index is 919. The highest BCUT2D eigenvalue weighted by Crippen LogP contribution is 2.27. The molecule has 0 aliphatic heterocycles. The number of halogens is 2. The molecule has 0 aromatic heterocycles. The van der Waals surface area contributed by atoms with Crippen LogP contribution in [0.3, 0.4) is 0 Å². The lowest BCUT2D eigenvalue weighted by molar-refractivity contribution is -0.118. The van der Waals surface area contributed by atoms with Gasteiger partial charge in [0.15, 0.2) is 6.61 Å². The largest absolute Gasteiger partial charge is 0.483 e. The van der Waals surface area contributed by atoms with Crippen molar-refractivity contribution in [2.24, 2.45) is 0 Å². The van der Waals surface area contributed by atoms with E-state index in [1.807, 2.05) is 72.8 Å². The third-order valence-electron chi connectivity index (χ3n) is 3.77. The Morgan fingerprint density at radius 1 is 1.00 bits per heavy atom. The van der Waals surface area contributed by atoms with E-state index in [-0.39, 0.29) is 12.5 Å². The second-order valence-corrected chi connectivity index (χ2v) is 7.06. The predicted octanol–water partition coefficient (Wildman–Crippen LogP) is 5.73. The molecule has 6 heteroatoms. The van der Waals surface area contributed by atoms with E-state index in [1.54, 1.807) is 0 Å². The van der Waals surface area contributed by atoms with Crippen LogP contribution in [0.2, 0.25) is 5.02 Å². The highest BCUT2D eigenvalue weighted by atomic mass is 79.9. The molecule has 0 aliphatic carbocycles. The van der Waals surface area contributed by atoms with Gasteiger partial charge in [0.2, 0.25) is 0 Å². The molecule has 0 radical (unpaired) electrons. The smallest absolute Gasteiger partial charge is 0.262 e. The summed E-state index contributed by atoms with van der Waals surface area (Å²) in [5.41, 5.74) is 2.68. The average molecular weight is 446 g/mol. The van der Waals surface area contributed by atoms with E-state index in [9.17, 15) is 4.79 Å². The van der Waals surface area contributed by atoms with Gasteiger partial charge in [0.1, 0.15) is 5.75 Å². The van der Waals surface area contributed by atoms with Crippen LogP contribution >= 0.6 is 27.5 Å². The Morgan fingerprint density at radius 2 is 1.74 bits per heavy atom. The van der Waals surface area contributed by atoms with Crippen LogP contribution in [0.5, 0.6) is 5.75 Å². The van der Waals surface area contributed by atoms with E-state index in [2.05, 4.69) is 26.6 Å². The molecule has 27 heavy (non-hydrogen) atoms. The van der Waals surface area contributed by atoms with Crippen LogP contribution in [-0.2, 0) is 11.3 Å². The maximum absolute atomic E-state index is 12.0. The second-order valence-electron chi connectivity index (χ2n) is 5.80. The fraction of sp³-hybridized carbons (Fsp3) is 0.0952. The first-order chi connectivity index (χ1) is 13.1. The number of rotatable bonds is 7. The number of benzene rings is 3. The molecule has 138 valence electrons. The van der Waals surface area contributed by atoms with Crippen molar-refractivity contribution in [3.05, 3.63) is 87.9 Å². The van der Waals surface area contributed by atoms with E-state index >= 15 is 0 Å². The summed E-state index contributed by atoms with van der Waals surface area (Å²) < 4.78 is 6.39. The summed E-state index contributed by atoms with van der Waals surface area (Å²) in [6, 6.07) is 22.6. The SMILES string of the molecule is O=C(COc1ccc(CNc2ccccc2Cl)cc1Br)Nc1ccccc1. The van der Waals surface area contributed by atoms with Gasteiger partial charge in [0.05, 0.1) is 15.2 Å². The number of carbonyl (C=O) groups is 1. The molecule has 1 amide bonds. The molecule has 0 unspecified atom stereocenters. The summed E-state index contributed by atoms with van der Waals surface area (Å²) in [6.45, 7) is 0.557. The van der Waals surface area contributed by atoms with Crippen LogP contribution in [-0.4, -0.2) is 12.5 Å². The zero-order valence-corrected chi connectivity index (χ0v) is 16.8. The Balaban J connectivity index is 1.53. The van der Waals surface area contributed by atoms with Crippen LogP contribution in [0.15, 0.2) is 77.3 Å². The van der Waals surface area contributed by atoms with Crippen LogP contribution < -0.4 is 15.4 Å². The lowest BCUT2D eigenvalue weighted by atomic mass is 10.2.